The Kier molecular flexibility index (Phi) is 6.50. The number of hydrogen-bond acceptors (Lipinski definition) is 4. The Morgan fingerprint density at radius 2 is 1.79 bits per heavy atom. The molecule has 3 rings (SSSR count). The summed E-state index contributed by atoms with van der Waals surface area (Å²) in [6.45, 7) is 6.27. The summed E-state index contributed by atoms with van der Waals surface area (Å²) in [5, 5.41) is 2.84. The topological polar surface area (TPSA) is 77.2 Å². The van der Waals surface area contributed by atoms with E-state index in [9.17, 15) is 4.79 Å². The molecule has 2 aromatic carbocycles. The lowest BCUT2D eigenvalue weighted by atomic mass is 10.0. The molecule has 0 aliphatic carbocycles. The number of rotatable bonds is 7. The van der Waals surface area contributed by atoms with E-state index in [4.69, 9.17) is 10.5 Å². The summed E-state index contributed by atoms with van der Waals surface area (Å²) in [6.07, 6.45) is 2.09. The molecule has 1 amide bonds. The zero-order chi connectivity index (χ0) is 20.8. The molecule has 0 radical (unpaired) electrons. The summed E-state index contributed by atoms with van der Waals surface area (Å²) in [6, 6.07) is 18.8. The van der Waals surface area contributed by atoms with Gasteiger partial charge in [0.05, 0.1) is 5.56 Å². The van der Waals surface area contributed by atoms with Gasteiger partial charge in [-0.1, -0.05) is 32.0 Å². The molecule has 0 unspecified atom stereocenters. The smallest absolute Gasteiger partial charge is 0.259 e. The second kappa shape index (κ2) is 9.24. The number of hydrogen-bond donors (Lipinski definition) is 2. The molecule has 3 N–H and O–H groups in total. The number of pyridine rings is 1. The third kappa shape index (κ3) is 5.57. The minimum absolute atomic E-state index is 0.223. The SMILES string of the molecule is Cc1ccc(C(=O)Nc2ccc(Oc3ccccc3CCC(C)C)cc2)c(N)n1. The lowest BCUT2D eigenvalue weighted by Crippen LogP contribution is -2.15. The summed E-state index contributed by atoms with van der Waals surface area (Å²) in [7, 11) is 0. The minimum atomic E-state index is -0.289. The third-order valence-electron chi connectivity index (χ3n) is 4.61. The third-order valence-corrected chi connectivity index (χ3v) is 4.61. The molecule has 0 spiro atoms. The van der Waals surface area contributed by atoms with Gasteiger partial charge in [0, 0.05) is 11.4 Å². The van der Waals surface area contributed by atoms with Gasteiger partial charge in [0.15, 0.2) is 0 Å². The second-order valence-electron chi connectivity index (χ2n) is 7.51. The van der Waals surface area contributed by atoms with E-state index in [2.05, 4.69) is 30.2 Å². The number of para-hydroxylation sites is 1. The van der Waals surface area contributed by atoms with Crippen LogP contribution in [0.5, 0.6) is 11.5 Å². The van der Waals surface area contributed by atoms with Gasteiger partial charge >= 0.3 is 0 Å². The van der Waals surface area contributed by atoms with Crippen LogP contribution in [0.4, 0.5) is 11.5 Å². The first kappa shape index (κ1) is 20.4. The van der Waals surface area contributed by atoms with Crippen LogP contribution in [0.25, 0.3) is 0 Å². The van der Waals surface area contributed by atoms with Crippen LogP contribution in [0.3, 0.4) is 0 Å². The van der Waals surface area contributed by atoms with Crippen LogP contribution in [0.1, 0.15) is 41.9 Å². The number of aryl methyl sites for hydroxylation is 2. The van der Waals surface area contributed by atoms with Gasteiger partial charge in [-0.3, -0.25) is 4.79 Å². The number of ether oxygens (including phenoxy) is 1. The molecule has 0 aliphatic heterocycles. The number of nitrogens with zero attached hydrogens (tertiary/aromatic N) is 1. The van der Waals surface area contributed by atoms with Crippen LogP contribution >= 0.6 is 0 Å². The van der Waals surface area contributed by atoms with Crippen molar-refractivity contribution in [3.05, 3.63) is 77.5 Å². The summed E-state index contributed by atoms with van der Waals surface area (Å²) in [4.78, 5) is 16.6. The lowest BCUT2D eigenvalue weighted by molar-refractivity contribution is 0.102. The van der Waals surface area contributed by atoms with Crippen molar-refractivity contribution in [2.45, 2.75) is 33.6 Å². The molecule has 0 saturated heterocycles. The Morgan fingerprint density at radius 1 is 1.07 bits per heavy atom. The molecule has 5 nitrogen and oxygen atoms in total. The van der Waals surface area contributed by atoms with Crippen molar-refractivity contribution in [3.63, 3.8) is 0 Å². The standard InChI is InChI=1S/C24H27N3O2/c1-16(2)8-10-18-6-4-5-7-22(18)29-20-13-11-19(12-14-20)27-24(28)21-15-9-17(3)26-23(21)25/h4-7,9,11-16H,8,10H2,1-3H3,(H2,25,26)(H,27,28). The molecule has 3 aromatic rings. The van der Waals surface area contributed by atoms with E-state index < -0.39 is 0 Å². The Morgan fingerprint density at radius 3 is 2.48 bits per heavy atom. The monoisotopic (exact) mass is 389 g/mol. The highest BCUT2D eigenvalue weighted by Crippen LogP contribution is 2.28. The number of amides is 1. The molecule has 0 bridgehead atoms. The van der Waals surface area contributed by atoms with Crippen molar-refractivity contribution in [1.82, 2.24) is 4.98 Å². The Balaban J connectivity index is 1.67. The molecular weight excluding hydrogens is 362 g/mol. The van der Waals surface area contributed by atoms with Crippen LogP contribution in [0.15, 0.2) is 60.7 Å². The molecule has 5 heteroatoms. The van der Waals surface area contributed by atoms with Gasteiger partial charge in [0.2, 0.25) is 0 Å². The quantitative estimate of drug-likeness (QED) is 0.551. The maximum atomic E-state index is 12.4. The van der Waals surface area contributed by atoms with Crippen molar-refractivity contribution in [3.8, 4) is 11.5 Å². The second-order valence-corrected chi connectivity index (χ2v) is 7.51. The number of carbonyl (C=O) groups is 1. The van der Waals surface area contributed by atoms with Gasteiger partial charge in [-0.2, -0.15) is 0 Å². The first-order valence-corrected chi connectivity index (χ1v) is 9.82. The molecule has 0 saturated carbocycles. The molecule has 1 aromatic heterocycles. The van der Waals surface area contributed by atoms with Crippen LogP contribution < -0.4 is 15.8 Å². The zero-order valence-corrected chi connectivity index (χ0v) is 17.1. The van der Waals surface area contributed by atoms with E-state index in [-0.39, 0.29) is 11.7 Å². The van der Waals surface area contributed by atoms with Crippen LogP contribution in [-0.4, -0.2) is 10.9 Å². The molecule has 0 atom stereocenters. The average Bonchev–Trinajstić information content (AvgIpc) is 2.68. The molecule has 29 heavy (non-hydrogen) atoms. The van der Waals surface area contributed by atoms with Gasteiger partial charge in [-0.15, -0.1) is 0 Å². The van der Waals surface area contributed by atoms with Gasteiger partial charge in [0.25, 0.3) is 5.91 Å². The minimum Gasteiger partial charge on any atom is -0.457 e. The van der Waals surface area contributed by atoms with E-state index in [1.807, 2.05) is 49.4 Å². The number of benzene rings is 2. The highest BCUT2D eigenvalue weighted by atomic mass is 16.5. The van der Waals surface area contributed by atoms with E-state index in [0.717, 1.165) is 30.0 Å². The van der Waals surface area contributed by atoms with Crippen molar-refractivity contribution < 1.29 is 9.53 Å². The Bertz CT molecular complexity index is 982. The maximum Gasteiger partial charge on any atom is 0.259 e. The summed E-state index contributed by atoms with van der Waals surface area (Å²) >= 11 is 0. The van der Waals surface area contributed by atoms with Crippen LogP contribution in [-0.2, 0) is 6.42 Å². The normalized spacial score (nSPS) is 10.8. The number of aromatic nitrogens is 1. The number of nitrogen functional groups attached to an aromatic ring is 1. The average molecular weight is 389 g/mol. The first-order valence-electron chi connectivity index (χ1n) is 9.82. The number of nitrogens with one attached hydrogen (secondary N) is 1. The number of anilines is 2. The first-order chi connectivity index (χ1) is 13.9. The van der Waals surface area contributed by atoms with Crippen LogP contribution in [0.2, 0.25) is 0 Å². The summed E-state index contributed by atoms with van der Waals surface area (Å²) in [5.41, 5.74) is 8.84. The van der Waals surface area contributed by atoms with Crippen molar-refractivity contribution in [2.75, 3.05) is 11.1 Å². The summed E-state index contributed by atoms with van der Waals surface area (Å²) < 4.78 is 6.08. The number of carbonyl (C=O) groups excluding carboxylic acids is 1. The van der Waals surface area contributed by atoms with Crippen molar-refractivity contribution >= 4 is 17.4 Å². The molecule has 1 heterocycles. The number of nitrogens with two attached hydrogens (primary N) is 1. The van der Waals surface area contributed by atoms with E-state index in [0.29, 0.717) is 17.2 Å². The highest BCUT2D eigenvalue weighted by Gasteiger charge is 2.11. The summed E-state index contributed by atoms with van der Waals surface area (Å²) in [5.74, 6) is 2.16. The highest BCUT2D eigenvalue weighted by molar-refractivity contribution is 6.07. The van der Waals surface area contributed by atoms with E-state index >= 15 is 0 Å². The van der Waals surface area contributed by atoms with Gasteiger partial charge in [-0.25, -0.2) is 4.98 Å². The maximum absolute atomic E-state index is 12.4. The van der Waals surface area contributed by atoms with Crippen LogP contribution in [0, 0.1) is 12.8 Å². The predicted octanol–water partition coefficient (Wildman–Crippen LogP) is 5.61. The fourth-order valence-corrected chi connectivity index (χ4v) is 2.95. The van der Waals surface area contributed by atoms with E-state index in [1.165, 1.54) is 5.56 Å². The zero-order valence-electron chi connectivity index (χ0n) is 17.1. The Hall–Kier alpha value is -3.34. The predicted molar refractivity (Wildman–Crippen MR) is 117 cm³/mol. The fraction of sp³-hybridized carbons (Fsp3) is 0.250. The van der Waals surface area contributed by atoms with Gasteiger partial charge < -0.3 is 15.8 Å². The van der Waals surface area contributed by atoms with E-state index in [1.54, 1.807) is 12.1 Å². The lowest BCUT2D eigenvalue weighted by Gasteiger charge is -2.13. The molecular formula is C24H27N3O2. The Labute approximate surface area is 171 Å². The molecule has 0 fully saturated rings. The molecule has 150 valence electrons. The largest absolute Gasteiger partial charge is 0.457 e. The fourth-order valence-electron chi connectivity index (χ4n) is 2.95. The van der Waals surface area contributed by atoms with Gasteiger partial charge in [0.1, 0.15) is 17.3 Å². The van der Waals surface area contributed by atoms with Crippen molar-refractivity contribution in [2.24, 2.45) is 5.92 Å². The molecule has 0 aliphatic rings. The van der Waals surface area contributed by atoms with Gasteiger partial charge in [-0.05, 0) is 73.7 Å². The van der Waals surface area contributed by atoms with Crippen molar-refractivity contribution in [1.29, 1.82) is 0 Å².